The molecule has 3 nitrogen and oxygen atoms in total. The zero-order chi connectivity index (χ0) is 18.2. The first-order chi connectivity index (χ1) is 12.7. The Balaban J connectivity index is 1.86. The SMILES string of the molecule is CCCCO[C@H]1CNCC[C@]1(OCc1ccccc1)c1ccc(F)cc1. The van der Waals surface area contributed by atoms with Crippen LogP contribution in [-0.2, 0) is 21.7 Å². The Morgan fingerprint density at radius 1 is 1.12 bits per heavy atom. The fourth-order valence-corrected chi connectivity index (χ4v) is 3.49. The summed E-state index contributed by atoms with van der Waals surface area (Å²) in [5.74, 6) is -0.232. The van der Waals surface area contributed by atoms with E-state index in [4.69, 9.17) is 9.47 Å². The summed E-state index contributed by atoms with van der Waals surface area (Å²) in [6.07, 6.45) is 2.81. The molecular formula is C22H28FNO2. The first-order valence-corrected chi connectivity index (χ1v) is 9.51. The quantitative estimate of drug-likeness (QED) is 0.710. The van der Waals surface area contributed by atoms with E-state index in [0.29, 0.717) is 13.2 Å². The molecule has 2 atom stereocenters. The molecule has 0 aromatic heterocycles. The number of hydrogen-bond acceptors (Lipinski definition) is 3. The van der Waals surface area contributed by atoms with Gasteiger partial charge in [-0.25, -0.2) is 4.39 Å². The summed E-state index contributed by atoms with van der Waals surface area (Å²) < 4.78 is 26.3. The van der Waals surface area contributed by atoms with Gasteiger partial charge in [-0.15, -0.1) is 0 Å². The van der Waals surface area contributed by atoms with Gasteiger partial charge in [0.15, 0.2) is 0 Å². The number of nitrogens with one attached hydrogen (secondary N) is 1. The molecule has 140 valence electrons. The molecule has 1 saturated heterocycles. The highest BCUT2D eigenvalue weighted by Gasteiger charge is 2.44. The third kappa shape index (κ3) is 4.50. The summed E-state index contributed by atoms with van der Waals surface area (Å²) in [5, 5.41) is 3.42. The van der Waals surface area contributed by atoms with Crippen LogP contribution >= 0.6 is 0 Å². The van der Waals surface area contributed by atoms with Crippen LogP contribution in [0, 0.1) is 5.82 Å². The van der Waals surface area contributed by atoms with Crippen molar-refractivity contribution < 1.29 is 13.9 Å². The third-order valence-electron chi connectivity index (χ3n) is 5.01. The van der Waals surface area contributed by atoms with Crippen molar-refractivity contribution in [2.45, 2.75) is 44.5 Å². The maximum atomic E-state index is 13.5. The first kappa shape index (κ1) is 19.0. The molecule has 2 aromatic carbocycles. The second-order valence-corrected chi connectivity index (χ2v) is 6.84. The summed E-state index contributed by atoms with van der Waals surface area (Å²) in [6, 6.07) is 16.8. The Morgan fingerprint density at radius 3 is 2.62 bits per heavy atom. The lowest BCUT2D eigenvalue weighted by molar-refractivity contribution is -0.172. The van der Waals surface area contributed by atoms with Crippen molar-refractivity contribution in [1.29, 1.82) is 0 Å². The van der Waals surface area contributed by atoms with Gasteiger partial charge in [0.25, 0.3) is 0 Å². The zero-order valence-corrected chi connectivity index (χ0v) is 15.4. The number of benzene rings is 2. The van der Waals surface area contributed by atoms with E-state index in [0.717, 1.165) is 43.5 Å². The number of ether oxygens (including phenoxy) is 2. The molecule has 1 fully saturated rings. The van der Waals surface area contributed by atoms with Gasteiger partial charge in [-0.1, -0.05) is 55.8 Å². The molecule has 0 unspecified atom stereocenters. The normalized spacial score (nSPS) is 23.1. The number of rotatable bonds is 8. The summed E-state index contributed by atoms with van der Waals surface area (Å²) >= 11 is 0. The van der Waals surface area contributed by atoms with Crippen molar-refractivity contribution >= 4 is 0 Å². The molecule has 0 saturated carbocycles. The van der Waals surface area contributed by atoms with Crippen LogP contribution in [0.15, 0.2) is 54.6 Å². The molecule has 0 spiro atoms. The van der Waals surface area contributed by atoms with Crippen LogP contribution in [0.2, 0.25) is 0 Å². The van der Waals surface area contributed by atoms with Gasteiger partial charge in [0, 0.05) is 13.2 Å². The molecule has 3 rings (SSSR count). The highest BCUT2D eigenvalue weighted by Crippen LogP contribution is 2.38. The zero-order valence-electron chi connectivity index (χ0n) is 15.4. The standard InChI is InChI=1S/C22H28FNO2/c1-2-3-15-25-21-16-24-14-13-22(21,19-9-11-20(23)12-10-19)26-17-18-7-5-4-6-8-18/h4-12,21,24H,2-3,13-17H2,1H3/t21-,22-/m0/s1. The van der Waals surface area contributed by atoms with Gasteiger partial charge >= 0.3 is 0 Å². The second kappa shape index (κ2) is 9.26. The Labute approximate surface area is 155 Å². The van der Waals surface area contributed by atoms with Crippen LogP contribution in [0.1, 0.15) is 37.3 Å². The molecule has 1 heterocycles. The van der Waals surface area contributed by atoms with Gasteiger partial charge in [0.1, 0.15) is 17.5 Å². The summed E-state index contributed by atoms with van der Waals surface area (Å²) in [4.78, 5) is 0. The predicted octanol–water partition coefficient (Wildman–Crippen LogP) is 4.42. The van der Waals surface area contributed by atoms with Gasteiger partial charge in [0.05, 0.1) is 6.61 Å². The van der Waals surface area contributed by atoms with Crippen molar-refractivity contribution in [3.05, 3.63) is 71.5 Å². The van der Waals surface area contributed by atoms with E-state index >= 15 is 0 Å². The molecular weight excluding hydrogens is 329 g/mol. The van der Waals surface area contributed by atoms with Crippen LogP contribution in [0.25, 0.3) is 0 Å². The van der Waals surface area contributed by atoms with E-state index in [9.17, 15) is 4.39 Å². The minimum Gasteiger partial charge on any atom is -0.374 e. The van der Waals surface area contributed by atoms with Gasteiger partial charge < -0.3 is 14.8 Å². The number of halogens is 1. The van der Waals surface area contributed by atoms with Crippen LogP contribution in [0.4, 0.5) is 4.39 Å². The second-order valence-electron chi connectivity index (χ2n) is 6.84. The molecule has 1 N–H and O–H groups in total. The van der Waals surface area contributed by atoms with Crippen molar-refractivity contribution in [2.75, 3.05) is 19.7 Å². The Kier molecular flexibility index (Phi) is 6.78. The molecule has 1 aliphatic rings. The van der Waals surface area contributed by atoms with E-state index in [1.165, 1.54) is 12.1 Å². The lowest BCUT2D eigenvalue weighted by Gasteiger charge is -2.44. The average molecular weight is 357 g/mol. The molecule has 26 heavy (non-hydrogen) atoms. The monoisotopic (exact) mass is 357 g/mol. The number of hydrogen-bond donors (Lipinski definition) is 1. The highest BCUT2D eigenvalue weighted by atomic mass is 19.1. The maximum absolute atomic E-state index is 13.5. The summed E-state index contributed by atoms with van der Waals surface area (Å²) in [6.45, 7) is 4.95. The summed E-state index contributed by atoms with van der Waals surface area (Å²) in [7, 11) is 0. The third-order valence-corrected chi connectivity index (χ3v) is 5.01. The first-order valence-electron chi connectivity index (χ1n) is 9.51. The van der Waals surface area contributed by atoms with E-state index in [1.807, 2.05) is 30.3 Å². The minimum absolute atomic E-state index is 0.100. The maximum Gasteiger partial charge on any atom is 0.123 e. The van der Waals surface area contributed by atoms with Crippen molar-refractivity contribution in [1.82, 2.24) is 5.32 Å². The lowest BCUT2D eigenvalue weighted by atomic mass is 9.82. The fourth-order valence-electron chi connectivity index (χ4n) is 3.49. The molecule has 0 radical (unpaired) electrons. The van der Waals surface area contributed by atoms with Gasteiger partial charge in [0.2, 0.25) is 0 Å². The smallest absolute Gasteiger partial charge is 0.123 e. The minimum atomic E-state index is -0.567. The Morgan fingerprint density at radius 2 is 1.88 bits per heavy atom. The molecule has 0 aliphatic carbocycles. The highest BCUT2D eigenvalue weighted by molar-refractivity contribution is 5.27. The van der Waals surface area contributed by atoms with Crippen molar-refractivity contribution in [3.63, 3.8) is 0 Å². The molecule has 0 bridgehead atoms. The lowest BCUT2D eigenvalue weighted by Crippen LogP contribution is -2.54. The summed E-state index contributed by atoms with van der Waals surface area (Å²) in [5.41, 5.74) is 1.54. The van der Waals surface area contributed by atoms with Crippen LogP contribution in [-0.4, -0.2) is 25.8 Å². The average Bonchev–Trinajstić information content (AvgIpc) is 2.69. The fraction of sp³-hybridized carbons (Fsp3) is 0.455. The molecule has 1 aliphatic heterocycles. The van der Waals surface area contributed by atoms with E-state index in [2.05, 4.69) is 24.4 Å². The Hall–Kier alpha value is -1.75. The number of piperidine rings is 1. The van der Waals surface area contributed by atoms with Gasteiger partial charge in [-0.05, 0) is 42.6 Å². The topological polar surface area (TPSA) is 30.5 Å². The van der Waals surface area contributed by atoms with Gasteiger partial charge in [-0.2, -0.15) is 0 Å². The molecule has 4 heteroatoms. The van der Waals surface area contributed by atoms with Crippen LogP contribution in [0.3, 0.4) is 0 Å². The molecule has 0 amide bonds. The van der Waals surface area contributed by atoms with Gasteiger partial charge in [-0.3, -0.25) is 0 Å². The van der Waals surface area contributed by atoms with E-state index in [-0.39, 0.29) is 11.9 Å². The number of unbranched alkanes of at least 4 members (excludes halogenated alkanes) is 1. The van der Waals surface area contributed by atoms with Crippen LogP contribution in [0.5, 0.6) is 0 Å². The van der Waals surface area contributed by atoms with Crippen molar-refractivity contribution in [3.8, 4) is 0 Å². The Bertz CT molecular complexity index is 662. The molecule has 2 aromatic rings. The van der Waals surface area contributed by atoms with E-state index in [1.54, 1.807) is 0 Å². The van der Waals surface area contributed by atoms with Crippen molar-refractivity contribution in [2.24, 2.45) is 0 Å². The largest absolute Gasteiger partial charge is 0.374 e. The van der Waals surface area contributed by atoms with E-state index < -0.39 is 5.60 Å². The predicted molar refractivity (Wildman–Crippen MR) is 101 cm³/mol. The van der Waals surface area contributed by atoms with Crippen LogP contribution < -0.4 is 5.32 Å².